The van der Waals surface area contributed by atoms with Crippen molar-refractivity contribution in [3.8, 4) is 0 Å². The number of rotatable bonds is 4. The monoisotopic (exact) mass is 353 g/mol. The Labute approximate surface area is 139 Å². The van der Waals surface area contributed by atoms with E-state index < -0.39 is 26.6 Å². The molecule has 1 aliphatic rings. The van der Waals surface area contributed by atoms with E-state index in [0.717, 1.165) is 24.0 Å². The fraction of sp³-hybridized carbons (Fsp3) is 0.312. The molecule has 0 atom stereocenters. The molecule has 0 spiro atoms. The van der Waals surface area contributed by atoms with Crippen molar-refractivity contribution in [2.75, 3.05) is 18.0 Å². The van der Waals surface area contributed by atoms with Crippen molar-refractivity contribution in [3.05, 3.63) is 54.2 Å². The highest BCUT2D eigenvalue weighted by atomic mass is 32.2. The number of hydrogen-bond donors (Lipinski definition) is 1. The number of benzene rings is 1. The first-order valence-corrected chi connectivity index (χ1v) is 9.08. The third-order valence-corrected chi connectivity index (χ3v) is 5.55. The van der Waals surface area contributed by atoms with Crippen molar-refractivity contribution in [2.24, 2.45) is 0 Å². The first kappa shape index (κ1) is 16.8. The Balaban J connectivity index is 1.68. The average Bonchev–Trinajstić information content (AvgIpc) is 2.55. The maximum Gasteiger partial charge on any atom is 0.246 e. The number of aromatic nitrogens is 1. The van der Waals surface area contributed by atoms with E-state index in [1.54, 1.807) is 6.20 Å². The van der Waals surface area contributed by atoms with Crippen LogP contribution < -0.4 is 9.62 Å². The van der Waals surface area contributed by atoms with E-state index in [1.165, 1.54) is 0 Å². The standard InChI is InChI=1S/C16H17F2N3O2S/c17-13-4-3-5-14(18)16(13)24(22,23)20-12-7-10-21(11-8-12)15-6-1-2-9-19-15/h1-6,9,12,20H,7-8,10-11H2. The number of pyridine rings is 1. The summed E-state index contributed by atoms with van der Waals surface area (Å²) in [6.07, 6.45) is 2.77. The molecule has 0 aliphatic carbocycles. The second-order valence-electron chi connectivity index (χ2n) is 5.62. The second kappa shape index (κ2) is 6.82. The molecule has 2 aromatic rings. The van der Waals surface area contributed by atoms with Gasteiger partial charge in [-0.2, -0.15) is 0 Å². The van der Waals surface area contributed by atoms with Crippen molar-refractivity contribution >= 4 is 15.8 Å². The van der Waals surface area contributed by atoms with Crippen molar-refractivity contribution in [3.63, 3.8) is 0 Å². The summed E-state index contributed by atoms with van der Waals surface area (Å²) in [5.74, 6) is -1.35. The number of piperidine rings is 1. The Morgan fingerprint density at radius 1 is 1.04 bits per heavy atom. The SMILES string of the molecule is O=S(=O)(NC1CCN(c2ccccn2)CC1)c1c(F)cccc1F. The van der Waals surface area contributed by atoms with Crippen LogP contribution in [-0.4, -0.2) is 32.5 Å². The van der Waals surface area contributed by atoms with Crippen LogP contribution in [0.3, 0.4) is 0 Å². The summed E-state index contributed by atoms with van der Waals surface area (Å²) in [4.78, 5) is 5.39. The summed E-state index contributed by atoms with van der Waals surface area (Å²) in [6.45, 7) is 1.23. The molecule has 1 aromatic heterocycles. The van der Waals surface area contributed by atoms with Gasteiger partial charge in [-0.25, -0.2) is 26.9 Å². The summed E-state index contributed by atoms with van der Waals surface area (Å²) in [6, 6.07) is 8.23. The van der Waals surface area contributed by atoms with E-state index in [-0.39, 0.29) is 6.04 Å². The quantitative estimate of drug-likeness (QED) is 0.916. The van der Waals surface area contributed by atoms with Crippen LogP contribution in [0.15, 0.2) is 47.5 Å². The lowest BCUT2D eigenvalue weighted by Gasteiger charge is -2.33. The van der Waals surface area contributed by atoms with E-state index in [9.17, 15) is 17.2 Å². The van der Waals surface area contributed by atoms with Gasteiger partial charge < -0.3 is 4.90 Å². The number of nitrogens with zero attached hydrogens (tertiary/aromatic N) is 2. The summed E-state index contributed by atoms with van der Waals surface area (Å²) in [7, 11) is -4.24. The molecule has 0 saturated carbocycles. The van der Waals surface area contributed by atoms with Gasteiger partial charge in [-0.05, 0) is 37.1 Å². The molecule has 0 amide bonds. The molecular weight excluding hydrogens is 336 g/mol. The predicted molar refractivity (Wildman–Crippen MR) is 86.2 cm³/mol. The lowest BCUT2D eigenvalue weighted by molar-refractivity contribution is 0.452. The van der Waals surface area contributed by atoms with E-state index in [2.05, 4.69) is 14.6 Å². The number of halogens is 2. The van der Waals surface area contributed by atoms with Gasteiger partial charge in [-0.15, -0.1) is 0 Å². The van der Waals surface area contributed by atoms with Crippen LogP contribution in [0, 0.1) is 11.6 Å². The number of hydrogen-bond acceptors (Lipinski definition) is 4. The topological polar surface area (TPSA) is 62.3 Å². The lowest BCUT2D eigenvalue weighted by Crippen LogP contribution is -2.45. The van der Waals surface area contributed by atoms with E-state index in [0.29, 0.717) is 25.9 Å². The molecule has 3 rings (SSSR count). The first-order valence-electron chi connectivity index (χ1n) is 7.60. The lowest BCUT2D eigenvalue weighted by atomic mass is 10.1. The third kappa shape index (κ3) is 3.54. The normalized spacial score (nSPS) is 16.3. The molecule has 0 bridgehead atoms. The van der Waals surface area contributed by atoms with Gasteiger partial charge in [0.2, 0.25) is 10.0 Å². The molecule has 1 aromatic carbocycles. The van der Waals surface area contributed by atoms with Gasteiger partial charge in [-0.1, -0.05) is 12.1 Å². The number of anilines is 1. The van der Waals surface area contributed by atoms with E-state index in [1.807, 2.05) is 18.2 Å². The van der Waals surface area contributed by atoms with Crippen molar-refractivity contribution < 1.29 is 17.2 Å². The molecule has 5 nitrogen and oxygen atoms in total. The van der Waals surface area contributed by atoms with Crippen molar-refractivity contribution in [1.29, 1.82) is 0 Å². The Morgan fingerprint density at radius 3 is 2.29 bits per heavy atom. The van der Waals surface area contributed by atoms with Crippen molar-refractivity contribution in [1.82, 2.24) is 9.71 Å². The minimum absolute atomic E-state index is 0.367. The molecule has 128 valence electrons. The smallest absolute Gasteiger partial charge is 0.246 e. The molecule has 2 heterocycles. The molecule has 0 radical (unpaired) electrons. The fourth-order valence-electron chi connectivity index (χ4n) is 2.78. The van der Waals surface area contributed by atoms with Crippen LogP contribution in [0.5, 0.6) is 0 Å². The largest absolute Gasteiger partial charge is 0.357 e. The van der Waals surface area contributed by atoms with Gasteiger partial charge in [0.15, 0.2) is 4.90 Å². The number of sulfonamides is 1. The summed E-state index contributed by atoms with van der Waals surface area (Å²) >= 11 is 0. The van der Waals surface area contributed by atoms with Crippen LogP contribution in [-0.2, 0) is 10.0 Å². The molecule has 0 unspecified atom stereocenters. The van der Waals surface area contributed by atoms with Gasteiger partial charge in [0.25, 0.3) is 0 Å². The molecule has 1 N–H and O–H groups in total. The molecular formula is C16H17F2N3O2S. The van der Waals surface area contributed by atoms with Gasteiger partial charge in [0.05, 0.1) is 0 Å². The zero-order valence-electron chi connectivity index (χ0n) is 12.8. The van der Waals surface area contributed by atoms with Crippen LogP contribution in [0.4, 0.5) is 14.6 Å². The minimum atomic E-state index is -4.24. The molecule has 1 aliphatic heterocycles. The average molecular weight is 353 g/mol. The first-order chi connectivity index (χ1) is 11.5. The zero-order chi connectivity index (χ0) is 17.2. The number of nitrogens with one attached hydrogen (secondary N) is 1. The minimum Gasteiger partial charge on any atom is -0.357 e. The summed E-state index contributed by atoms with van der Waals surface area (Å²) in [5.41, 5.74) is 0. The van der Waals surface area contributed by atoms with E-state index in [4.69, 9.17) is 0 Å². The predicted octanol–water partition coefficient (Wildman–Crippen LogP) is 2.31. The van der Waals surface area contributed by atoms with E-state index >= 15 is 0 Å². The highest BCUT2D eigenvalue weighted by Crippen LogP contribution is 2.22. The van der Waals surface area contributed by atoms with Gasteiger partial charge in [-0.3, -0.25) is 0 Å². The highest BCUT2D eigenvalue weighted by Gasteiger charge is 2.29. The maximum atomic E-state index is 13.7. The highest BCUT2D eigenvalue weighted by molar-refractivity contribution is 7.89. The zero-order valence-corrected chi connectivity index (χ0v) is 13.6. The molecule has 24 heavy (non-hydrogen) atoms. The summed E-state index contributed by atoms with van der Waals surface area (Å²) in [5, 5.41) is 0. The van der Waals surface area contributed by atoms with Crippen molar-refractivity contribution in [2.45, 2.75) is 23.8 Å². The Morgan fingerprint density at radius 2 is 1.71 bits per heavy atom. The van der Waals surface area contributed by atoms with Gasteiger partial charge in [0, 0.05) is 25.3 Å². The van der Waals surface area contributed by atoms with Crippen LogP contribution in [0.1, 0.15) is 12.8 Å². The molecule has 8 heteroatoms. The maximum absolute atomic E-state index is 13.7. The van der Waals surface area contributed by atoms with Crippen LogP contribution >= 0.6 is 0 Å². The van der Waals surface area contributed by atoms with Crippen LogP contribution in [0.25, 0.3) is 0 Å². The van der Waals surface area contributed by atoms with Gasteiger partial charge >= 0.3 is 0 Å². The Bertz CT molecular complexity index is 787. The fourth-order valence-corrected chi connectivity index (χ4v) is 4.23. The molecule has 1 saturated heterocycles. The third-order valence-electron chi connectivity index (χ3n) is 3.98. The van der Waals surface area contributed by atoms with Gasteiger partial charge in [0.1, 0.15) is 17.5 Å². The second-order valence-corrected chi connectivity index (χ2v) is 7.27. The summed E-state index contributed by atoms with van der Waals surface area (Å²) < 4.78 is 54.4. The molecule has 1 fully saturated rings. The Hall–Kier alpha value is -2.06. The Kier molecular flexibility index (Phi) is 4.77. The van der Waals surface area contributed by atoms with Crippen LogP contribution in [0.2, 0.25) is 0 Å².